The second-order valence-electron chi connectivity index (χ2n) is 5.22. The van der Waals surface area contributed by atoms with Crippen molar-refractivity contribution in [1.82, 2.24) is 10.2 Å². The number of likely N-dealkylation sites (tertiary alicyclic amines) is 1. The Hall–Kier alpha value is -1.10. The maximum absolute atomic E-state index is 11.9. The van der Waals surface area contributed by atoms with Crippen molar-refractivity contribution in [2.45, 2.75) is 38.2 Å². The first-order valence-corrected chi connectivity index (χ1v) is 6.80. The van der Waals surface area contributed by atoms with Crippen LogP contribution in [0.25, 0.3) is 0 Å². The van der Waals surface area contributed by atoms with Crippen molar-refractivity contribution in [1.29, 1.82) is 0 Å². The molecule has 2 heterocycles. The van der Waals surface area contributed by atoms with Gasteiger partial charge in [-0.05, 0) is 25.7 Å². The summed E-state index contributed by atoms with van der Waals surface area (Å²) in [6.45, 7) is 2.19. The van der Waals surface area contributed by atoms with Crippen LogP contribution in [0.2, 0.25) is 0 Å². The summed E-state index contributed by atoms with van der Waals surface area (Å²) in [7, 11) is 1.79. The molecule has 2 atom stereocenters. The van der Waals surface area contributed by atoms with Crippen LogP contribution in [0.1, 0.15) is 32.1 Å². The molecule has 102 valence electrons. The largest absolute Gasteiger partial charge is 0.378 e. The summed E-state index contributed by atoms with van der Waals surface area (Å²) < 4.78 is 5.50. The molecule has 0 bridgehead atoms. The maximum Gasteiger partial charge on any atom is 0.223 e. The molecular formula is C13H22N2O3. The highest BCUT2D eigenvalue weighted by atomic mass is 16.5. The van der Waals surface area contributed by atoms with Gasteiger partial charge in [-0.25, -0.2) is 0 Å². The topological polar surface area (TPSA) is 58.6 Å². The van der Waals surface area contributed by atoms with Crippen molar-refractivity contribution in [3.63, 3.8) is 0 Å². The van der Waals surface area contributed by atoms with E-state index in [4.69, 9.17) is 4.74 Å². The molecule has 0 spiro atoms. The number of ether oxygens (including phenoxy) is 1. The minimum atomic E-state index is -0.141. The lowest BCUT2D eigenvalue weighted by Crippen LogP contribution is -2.42. The van der Waals surface area contributed by atoms with Gasteiger partial charge in [0.2, 0.25) is 11.8 Å². The third-order valence-electron chi connectivity index (χ3n) is 3.82. The van der Waals surface area contributed by atoms with Gasteiger partial charge >= 0.3 is 0 Å². The Labute approximate surface area is 108 Å². The van der Waals surface area contributed by atoms with Crippen molar-refractivity contribution in [2.75, 3.05) is 26.7 Å². The summed E-state index contributed by atoms with van der Waals surface area (Å²) >= 11 is 0. The van der Waals surface area contributed by atoms with E-state index in [1.54, 1.807) is 11.9 Å². The molecule has 2 saturated heterocycles. The molecule has 2 unspecified atom stereocenters. The molecule has 5 heteroatoms. The normalized spacial score (nSPS) is 28.5. The molecule has 0 saturated carbocycles. The van der Waals surface area contributed by atoms with Gasteiger partial charge < -0.3 is 15.0 Å². The van der Waals surface area contributed by atoms with Crippen LogP contribution in [0.15, 0.2) is 0 Å². The Bertz CT molecular complexity index is 313. The van der Waals surface area contributed by atoms with E-state index in [0.717, 1.165) is 32.3 Å². The number of rotatable bonds is 4. The van der Waals surface area contributed by atoms with Crippen LogP contribution in [-0.2, 0) is 14.3 Å². The van der Waals surface area contributed by atoms with Crippen LogP contribution in [0, 0.1) is 5.92 Å². The summed E-state index contributed by atoms with van der Waals surface area (Å²) in [5.74, 6) is -0.0480. The van der Waals surface area contributed by atoms with E-state index in [1.165, 1.54) is 0 Å². The Morgan fingerprint density at radius 2 is 2.33 bits per heavy atom. The molecule has 18 heavy (non-hydrogen) atoms. The fourth-order valence-corrected chi connectivity index (χ4v) is 2.54. The summed E-state index contributed by atoms with van der Waals surface area (Å²) in [6, 6.07) is 0. The second kappa shape index (κ2) is 6.18. The van der Waals surface area contributed by atoms with Crippen LogP contribution in [0.5, 0.6) is 0 Å². The zero-order chi connectivity index (χ0) is 13.0. The first kappa shape index (κ1) is 13.3. The molecule has 0 aromatic rings. The first-order chi connectivity index (χ1) is 8.66. The quantitative estimate of drug-likeness (QED) is 0.796. The van der Waals surface area contributed by atoms with E-state index in [1.807, 2.05) is 0 Å². The average molecular weight is 254 g/mol. The highest BCUT2D eigenvalue weighted by Crippen LogP contribution is 2.18. The zero-order valence-electron chi connectivity index (χ0n) is 11.0. The molecule has 0 aromatic carbocycles. The van der Waals surface area contributed by atoms with Crippen LogP contribution >= 0.6 is 0 Å². The van der Waals surface area contributed by atoms with E-state index in [-0.39, 0.29) is 17.7 Å². The lowest BCUT2D eigenvalue weighted by Gasteiger charge is -2.28. The monoisotopic (exact) mass is 254 g/mol. The Morgan fingerprint density at radius 3 is 3.00 bits per heavy atom. The number of amides is 2. The lowest BCUT2D eigenvalue weighted by atomic mass is 9.95. The number of carbonyl (C=O) groups excluding carboxylic acids is 2. The van der Waals surface area contributed by atoms with E-state index < -0.39 is 0 Å². The van der Waals surface area contributed by atoms with Gasteiger partial charge in [-0.3, -0.25) is 9.59 Å². The van der Waals surface area contributed by atoms with Crippen molar-refractivity contribution >= 4 is 11.8 Å². The van der Waals surface area contributed by atoms with E-state index in [2.05, 4.69) is 5.32 Å². The van der Waals surface area contributed by atoms with Crippen molar-refractivity contribution in [3.8, 4) is 0 Å². The number of carbonyl (C=O) groups is 2. The molecule has 0 aromatic heterocycles. The zero-order valence-corrected chi connectivity index (χ0v) is 11.0. The first-order valence-electron chi connectivity index (χ1n) is 6.80. The van der Waals surface area contributed by atoms with Gasteiger partial charge in [0.05, 0.1) is 6.10 Å². The highest BCUT2D eigenvalue weighted by molar-refractivity contribution is 5.86. The maximum atomic E-state index is 11.9. The molecule has 2 aliphatic heterocycles. The molecule has 5 nitrogen and oxygen atoms in total. The minimum Gasteiger partial charge on any atom is -0.378 e. The number of nitrogens with one attached hydrogen (secondary N) is 1. The fourth-order valence-electron chi connectivity index (χ4n) is 2.54. The summed E-state index contributed by atoms with van der Waals surface area (Å²) in [4.78, 5) is 25.1. The van der Waals surface area contributed by atoms with Gasteiger partial charge in [0.1, 0.15) is 0 Å². The molecule has 0 aliphatic carbocycles. The van der Waals surface area contributed by atoms with Crippen molar-refractivity contribution in [2.24, 2.45) is 5.92 Å². The molecular weight excluding hydrogens is 232 g/mol. The highest BCUT2D eigenvalue weighted by Gasteiger charge is 2.28. The third-order valence-corrected chi connectivity index (χ3v) is 3.82. The molecule has 1 N–H and O–H groups in total. The summed E-state index contributed by atoms with van der Waals surface area (Å²) in [5, 5.41) is 2.92. The predicted molar refractivity (Wildman–Crippen MR) is 67.0 cm³/mol. The fraction of sp³-hybridized carbons (Fsp3) is 0.846. The van der Waals surface area contributed by atoms with Gasteiger partial charge in [-0.15, -0.1) is 0 Å². The van der Waals surface area contributed by atoms with E-state index in [9.17, 15) is 9.59 Å². The minimum absolute atomic E-state index is 0.0226. The smallest absolute Gasteiger partial charge is 0.223 e. The SMILES string of the molecule is CN1CCC(C(=O)NCCC2CCCO2)CC1=O. The number of nitrogens with zero attached hydrogens (tertiary/aromatic N) is 1. The summed E-state index contributed by atoms with van der Waals surface area (Å²) in [6.07, 6.45) is 4.54. The Kier molecular flexibility index (Phi) is 4.58. The Morgan fingerprint density at radius 1 is 1.50 bits per heavy atom. The van der Waals surface area contributed by atoms with E-state index in [0.29, 0.717) is 25.6 Å². The van der Waals surface area contributed by atoms with Crippen molar-refractivity contribution in [3.05, 3.63) is 0 Å². The molecule has 2 amide bonds. The Balaban J connectivity index is 1.66. The number of hydrogen-bond acceptors (Lipinski definition) is 3. The van der Waals surface area contributed by atoms with Crippen molar-refractivity contribution < 1.29 is 14.3 Å². The molecule has 2 rings (SSSR count). The van der Waals surface area contributed by atoms with E-state index >= 15 is 0 Å². The predicted octanol–water partition coefficient (Wildman–Crippen LogP) is 0.540. The van der Waals surface area contributed by atoms with Gasteiger partial charge in [0.15, 0.2) is 0 Å². The number of piperidine rings is 1. The lowest BCUT2D eigenvalue weighted by molar-refractivity contribution is -0.139. The average Bonchev–Trinajstić information content (AvgIpc) is 2.85. The summed E-state index contributed by atoms with van der Waals surface area (Å²) in [5.41, 5.74) is 0. The van der Waals surface area contributed by atoms with Crippen LogP contribution < -0.4 is 5.32 Å². The van der Waals surface area contributed by atoms with Crippen LogP contribution in [0.3, 0.4) is 0 Å². The van der Waals surface area contributed by atoms with Crippen LogP contribution in [-0.4, -0.2) is 49.6 Å². The van der Waals surface area contributed by atoms with Crippen LogP contribution in [0.4, 0.5) is 0 Å². The van der Waals surface area contributed by atoms with Gasteiger partial charge in [0.25, 0.3) is 0 Å². The standard InChI is InChI=1S/C13H22N2O3/c1-15-7-5-10(9-12(15)16)13(17)14-6-4-11-3-2-8-18-11/h10-11H,2-9H2,1H3,(H,14,17). The molecule has 2 aliphatic rings. The second-order valence-corrected chi connectivity index (χ2v) is 5.22. The third kappa shape index (κ3) is 3.45. The van der Waals surface area contributed by atoms with Gasteiger partial charge in [-0.2, -0.15) is 0 Å². The molecule has 0 radical (unpaired) electrons. The van der Waals surface area contributed by atoms with Gasteiger partial charge in [-0.1, -0.05) is 0 Å². The number of hydrogen-bond donors (Lipinski definition) is 1. The molecule has 2 fully saturated rings. The van der Waals surface area contributed by atoms with Gasteiger partial charge in [0, 0.05) is 39.1 Å².